The van der Waals surface area contributed by atoms with Gasteiger partial charge in [0.25, 0.3) is 5.91 Å². The molecule has 0 aromatic heterocycles. The Morgan fingerprint density at radius 1 is 1.16 bits per heavy atom. The monoisotopic (exact) mass is 414 g/mol. The smallest absolute Gasteiger partial charge is 0.407 e. The van der Waals surface area contributed by atoms with Crippen LogP contribution in [0.4, 0.5) is 10.5 Å². The van der Waals surface area contributed by atoms with Crippen molar-refractivity contribution in [1.29, 1.82) is 0 Å². The van der Waals surface area contributed by atoms with Crippen LogP contribution in [-0.4, -0.2) is 36.2 Å². The molecule has 0 heterocycles. The summed E-state index contributed by atoms with van der Waals surface area (Å²) in [5.41, 5.74) is -0.00721. The maximum atomic E-state index is 12.0. The Bertz CT molecular complexity index is 610. The van der Waals surface area contributed by atoms with Gasteiger partial charge >= 0.3 is 12.1 Å². The fourth-order valence-corrected chi connectivity index (χ4v) is 1.93. The van der Waals surface area contributed by atoms with Crippen molar-refractivity contribution < 1.29 is 23.9 Å². The minimum atomic E-state index is -0.947. The first-order valence-electron chi connectivity index (χ1n) is 7.79. The first-order valence-corrected chi connectivity index (χ1v) is 8.59. The van der Waals surface area contributed by atoms with Crippen LogP contribution in [0.2, 0.25) is 0 Å². The Morgan fingerprint density at radius 2 is 1.76 bits per heavy atom. The van der Waals surface area contributed by atoms with Gasteiger partial charge in [-0.15, -0.1) is 0 Å². The molecule has 0 saturated heterocycles. The normalized spacial score (nSPS) is 12.0. The first kappa shape index (κ1) is 21.0. The molecule has 0 fully saturated rings. The van der Waals surface area contributed by atoms with Crippen molar-refractivity contribution in [2.24, 2.45) is 0 Å². The molecule has 1 aromatic carbocycles. The van der Waals surface area contributed by atoms with Crippen LogP contribution >= 0.6 is 15.9 Å². The van der Waals surface area contributed by atoms with Crippen molar-refractivity contribution in [3.63, 3.8) is 0 Å². The van der Waals surface area contributed by atoms with E-state index in [2.05, 4.69) is 26.6 Å². The zero-order valence-electron chi connectivity index (χ0n) is 14.7. The molecule has 0 aliphatic rings. The highest BCUT2D eigenvalue weighted by atomic mass is 79.9. The quantitative estimate of drug-likeness (QED) is 0.696. The number of rotatable bonds is 6. The summed E-state index contributed by atoms with van der Waals surface area (Å²) in [6.45, 7) is 6.77. The summed E-state index contributed by atoms with van der Waals surface area (Å²) in [5.74, 6) is -1.02. The molecule has 0 spiro atoms. The standard InChI is InChI=1S/C17H23BrN2O5/c1-11(15(22)20-13-7-5-12(18)6-8-13)24-14(21)9-10-19-16(23)25-17(2,3)4/h5-8,11H,9-10H2,1-4H3,(H,19,23)(H,20,22)/t11-/m0/s1. The van der Waals surface area contributed by atoms with Gasteiger partial charge in [-0.1, -0.05) is 15.9 Å². The topological polar surface area (TPSA) is 93.7 Å². The lowest BCUT2D eigenvalue weighted by molar-refractivity contribution is -0.153. The number of benzene rings is 1. The predicted octanol–water partition coefficient (Wildman–Crippen LogP) is 3.23. The number of amides is 2. The van der Waals surface area contributed by atoms with E-state index in [1.54, 1.807) is 45.0 Å². The molecule has 8 heteroatoms. The highest BCUT2D eigenvalue weighted by Crippen LogP contribution is 2.14. The summed E-state index contributed by atoms with van der Waals surface area (Å²) in [7, 11) is 0. The maximum absolute atomic E-state index is 12.0. The summed E-state index contributed by atoms with van der Waals surface area (Å²) in [6.07, 6.45) is -1.62. The number of anilines is 1. The number of esters is 1. The molecule has 0 aliphatic heterocycles. The number of nitrogens with one attached hydrogen (secondary N) is 2. The largest absolute Gasteiger partial charge is 0.452 e. The number of alkyl carbamates (subject to hydrolysis) is 1. The fourth-order valence-electron chi connectivity index (χ4n) is 1.67. The molecular weight excluding hydrogens is 392 g/mol. The van der Waals surface area contributed by atoms with Gasteiger partial charge in [-0.3, -0.25) is 9.59 Å². The third-order valence-electron chi connectivity index (χ3n) is 2.79. The minimum absolute atomic E-state index is 0.0604. The number of halogens is 1. The molecule has 0 unspecified atom stereocenters. The summed E-state index contributed by atoms with van der Waals surface area (Å²) < 4.78 is 11.0. The summed E-state index contributed by atoms with van der Waals surface area (Å²) in [6, 6.07) is 7.02. The Balaban J connectivity index is 2.32. The fraction of sp³-hybridized carbons (Fsp3) is 0.471. The SMILES string of the molecule is C[C@H](OC(=O)CCNC(=O)OC(C)(C)C)C(=O)Nc1ccc(Br)cc1. The minimum Gasteiger partial charge on any atom is -0.452 e. The molecule has 2 N–H and O–H groups in total. The molecule has 25 heavy (non-hydrogen) atoms. The third kappa shape index (κ3) is 9.09. The lowest BCUT2D eigenvalue weighted by Crippen LogP contribution is -2.35. The molecule has 0 aliphatic carbocycles. The van der Waals surface area contributed by atoms with E-state index in [9.17, 15) is 14.4 Å². The van der Waals surface area contributed by atoms with Crippen LogP contribution in [0.5, 0.6) is 0 Å². The highest BCUT2D eigenvalue weighted by Gasteiger charge is 2.19. The van der Waals surface area contributed by atoms with Crippen LogP contribution in [-0.2, 0) is 19.1 Å². The first-order chi connectivity index (χ1) is 11.6. The van der Waals surface area contributed by atoms with Crippen molar-refractivity contribution >= 4 is 39.6 Å². The van der Waals surface area contributed by atoms with Gasteiger partial charge in [0.1, 0.15) is 5.60 Å². The summed E-state index contributed by atoms with van der Waals surface area (Å²) >= 11 is 3.30. The molecule has 138 valence electrons. The number of carbonyl (C=O) groups is 3. The van der Waals surface area contributed by atoms with Gasteiger partial charge in [-0.2, -0.15) is 0 Å². The maximum Gasteiger partial charge on any atom is 0.407 e. The lowest BCUT2D eigenvalue weighted by Gasteiger charge is -2.19. The van der Waals surface area contributed by atoms with Crippen LogP contribution in [0.25, 0.3) is 0 Å². The van der Waals surface area contributed by atoms with Crippen molar-refractivity contribution in [2.45, 2.75) is 45.8 Å². The second kappa shape index (κ2) is 9.41. The molecule has 0 bridgehead atoms. The molecule has 1 rings (SSSR count). The van der Waals surface area contributed by atoms with E-state index in [1.807, 2.05) is 0 Å². The average Bonchev–Trinajstić information content (AvgIpc) is 2.47. The van der Waals surface area contributed by atoms with Crippen LogP contribution in [0.1, 0.15) is 34.1 Å². The van der Waals surface area contributed by atoms with Gasteiger partial charge in [0.2, 0.25) is 0 Å². The van der Waals surface area contributed by atoms with Crippen molar-refractivity contribution in [2.75, 3.05) is 11.9 Å². The van der Waals surface area contributed by atoms with Crippen LogP contribution in [0.3, 0.4) is 0 Å². The van der Waals surface area contributed by atoms with E-state index in [0.717, 1.165) is 4.47 Å². The van der Waals surface area contributed by atoms with Gasteiger partial charge in [-0.25, -0.2) is 4.79 Å². The number of hydrogen-bond donors (Lipinski definition) is 2. The zero-order valence-corrected chi connectivity index (χ0v) is 16.3. The Morgan fingerprint density at radius 3 is 2.32 bits per heavy atom. The van der Waals surface area contributed by atoms with E-state index < -0.39 is 29.7 Å². The second-order valence-corrected chi connectivity index (χ2v) is 7.22. The Kier molecular flexibility index (Phi) is 7.89. The molecular formula is C17H23BrN2O5. The second-order valence-electron chi connectivity index (χ2n) is 6.31. The van der Waals surface area contributed by atoms with E-state index in [1.165, 1.54) is 6.92 Å². The predicted molar refractivity (Wildman–Crippen MR) is 97.2 cm³/mol. The van der Waals surface area contributed by atoms with Crippen molar-refractivity contribution in [3.8, 4) is 0 Å². The Labute approximate surface area is 155 Å². The summed E-state index contributed by atoms with van der Waals surface area (Å²) in [4.78, 5) is 35.1. The average molecular weight is 415 g/mol. The number of carbonyl (C=O) groups excluding carboxylic acids is 3. The molecule has 0 saturated carbocycles. The van der Waals surface area contributed by atoms with E-state index in [0.29, 0.717) is 5.69 Å². The highest BCUT2D eigenvalue weighted by molar-refractivity contribution is 9.10. The molecule has 1 aromatic rings. The van der Waals surface area contributed by atoms with Gasteiger partial charge < -0.3 is 20.1 Å². The molecule has 2 amide bonds. The van der Waals surface area contributed by atoms with Crippen LogP contribution < -0.4 is 10.6 Å². The molecule has 7 nitrogen and oxygen atoms in total. The van der Waals surface area contributed by atoms with E-state index in [4.69, 9.17) is 9.47 Å². The third-order valence-corrected chi connectivity index (χ3v) is 3.32. The van der Waals surface area contributed by atoms with Gasteiger partial charge in [0.05, 0.1) is 6.42 Å². The van der Waals surface area contributed by atoms with E-state index in [-0.39, 0.29) is 13.0 Å². The molecule has 1 atom stereocenters. The number of hydrogen-bond acceptors (Lipinski definition) is 5. The van der Waals surface area contributed by atoms with Gasteiger partial charge in [0, 0.05) is 16.7 Å². The Hall–Kier alpha value is -2.09. The van der Waals surface area contributed by atoms with Crippen molar-refractivity contribution in [3.05, 3.63) is 28.7 Å². The summed E-state index contributed by atoms with van der Waals surface area (Å²) in [5, 5.41) is 5.10. The molecule has 0 radical (unpaired) electrons. The van der Waals surface area contributed by atoms with E-state index >= 15 is 0 Å². The van der Waals surface area contributed by atoms with Gasteiger partial charge in [-0.05, 0) is 52.0 Å². The lowest BCUT2D eigenvalue weighted by atomic mass is 10.2. The van der Waals surface area contributed by atoms with Crippen molar-refractivity contribution in [1.82, 2.24) is 5.32 Å². The zero-order chi connectivity index (χ0) is 19.0. The van der Waals surface area contributed by atoms with Gasteiger partial charge in [0.15, 0.2) is 6.10 Å². The van der Waals surface area contributed by atoms with Crippen LogP contribution in [0, 0.1) is 0 Å². The van der Waals surface area contributed by atoms with Crippen LogP contribution in [0.15, 0.2) is 28.7 Å². The number of ether oxygens (including phenoxy) is 2.